The molecule has 17 heavy (non-hydrogen) atoms. The Morgan fingerprint density at radius 1 is 1.12 bits per heavy atom. The molecule has 3 heteroatoms. The first kappa shape index (κ1) is 12.9. The summed E-state index contributed by atoms with van der Waals surface area (Å²) in [7, 11) is 0. The van der Waals surface area contributed by atoms with Gasteiger partial charge in [-0.25, -0.2) is 0 Å². The summed E-state index contributed by atoms with van der Waals surface area (Å²) >= 11 is 0. The van der Waals surface area contributed by atoms with E-state index in [0.29, 0.717) is 18.6 Å². The summed E-state index contributed by atoms with van der Waals surface area (Å²) < 4.78 is 0. The third kappa shape index (κ3) is 4.66. The maximum atomic E-state index is 11.6. The molecule has 2 rings (SSSR count). The highest BCUT2D eigenvalue weighted by Crippen LogP contribution is 2.25. The minimum Gasteiger partial charge on any atom is -0.352 e. The number of carbonyl (C=O) groups is 1. The zero-order valence-electron chi connectivity index (χ0n) is 11.0. The van der Waals surface area contributed by atoms with Gasteiger partial charge in [0, 0.05) is 12.1 Å². The molecule has 2 saturated carbocycles. The van der Waals surface area contributed by atoms with Crippen molar-refractivity contribution in [3.05, 3.63) is 0 Å². The largest absolute Gasteiger partial charge is 0.352 e. The Labute approximate surface area is 105 Å². The molecule has 0 aliphatic heterocycles. The Hall–Kier alpha value is -0.570. The first-order valence-corrected chi connectivity index (χ1v) is 7.28. The maximum Gasteiger partial charge on any atom is 0.234 e. The molecule has 0 bridgehead atoms. The highest BCUT2D eigenvalue weighted by Gasteiger charge is 2.24. The quantitative estimate of drug-likeness (QED) is 0.721. The number of hydrogen-bond donors (Lipinski definition) is 2. The average molecular weight is 238 g/mol. The van der Waals surface area contributed by atoms with Gasteiger partial charge in [0.1, 0.15) is 0 Å². The number of carbonyl (C=O) groups excluding carboxylic acids is 1. The fourth-order valence-electron chi connectivity index (χ4n) is 2.74. The number of nitrogens with one attached hydrogen (secondary N) is 2. The normalized spacial score (nSPS) is 24.1. The lowest BCUT2D eigenvalue weighted by Crippen LogP contribution is -2.41. The molecule has 1 amide bonds. The van der Waals surface area contributed by atoms with Crippen LogP contribution in [0.25, 0.3) is 0 Å². The molecule has 0 saturated heterocycles. The second kappa shape index (κ2) is 6.39. The minimum atomic E-state index is 0.174. The molecule has 0 spiro atoms. The molecule has 3 nitrogen and oxygen atoms in total. The van der Waals surface area contributed by atoms with Gasteiger partial charge < -0.3 is 10.6 Å². The Balaban J connectivity index is 1.64. The van der Waals surface area contributed by atoms with Crippen LogP contribution >= 0.6 is 0 Å². The van der Waals surface area contributed by atoms with E-state index in [2.05, 4.69) is 17.6 Å². The summed E-state index contributed by atoms with van der Waals surface area (Å²) in [4.78, 5) is 11.6. The molecular weight excluding hydrogens is 212 g/mol. The van der Waals surface area contributed by atoms with Crippen LogP contribution in [-0.4, -0.2) is 24.5 Å². The predicted octanol–water partition coefficient (Wildman–Crippen LogP) is 2.21. The third-order valence-corrected chi connectivity index (χ3v) is 4.13. The SMILES string of the molecule is C[C@@H](NCC(=O)NC1CC1)C1CCCCCC1. The number of rotatable bonds is 5. The molecule has 0 aromatic heterocycles. The van der Waals surface area contributed by atoms with Gasteiger partial charge in [-0.2, -0.15) is 0 Å². The molecule has 0 aromatic rings. The molecule has 2 aliphatic rings. The highest BCUT2D eigenvalue weighted by atomic mass is 16.2. The third-order valence-electron chi connectivity index (χ3n) is 4.13. The van der Waals surface area contributed by atoms with Gasteiger partial charge >= 0.3 is 0 Å². The zero-order valence-corrected chi connectivity index (χ0v) is 11.0. The van der Waals surface area contributed by atoms with E-state index < -0.39 is 0 Å². The molecular formula is C14H26N2O. The van der Waals surface area contributed by atoms with E-state index in [1.165, 1.54) is 51.4 Å². The van der Waals surface area contributed by atoms with Crippen molar-refractivity contribution in [2.24, 2.45) is 5.92 Å². The first-order chi connectivity index (χ1) is 8.25. The molecule has 2 N–H and O–H groups in total. The van der Waals surface area contributed by atoms with Gasteiger partial charge in [-0.15, -0.1) is 0 Å². The maximum absolute atomic E-state index is 11.6. The van der Waals surface area contributed by atoms with E-state index in [1.807, 2.05) is 0 Å². The molecule has 1 atom stereocenters. The van der Waals surface area contributed by atoms with E-state index in [9.17, 15) is 4.79 Å². The van der Waals surface area contributed by atoms with Crippen molar-refractivity contribution in [1.82, 2.24) is 10.6 Å². The van der Waals surface area contributed by atoms with Crippen molar-refractivity contribution in [1.29, 1.82) is 0 Å². The van der Waals surface area contributed by atoms with Crippen LogP contribution in [0.1, 0.15) is 58.3 Å². The lowest BCUT2D eigenvalue weighted by atomic mass is 9.93. The van der Waals surface area contributed by atoms with Crippen LogP contribution in [0.2, 0.25) is 0 Å². The van der Waals surface area contributed by atoms with Crippen LogP contribution < -0.4 is 10.6 Å². The van der Waals surface area contributed by atoms with E-state index in [-0.39, 0.29) is 5.91 Å². The fourth-order valence-corrected chi connectivity index (χ4v) is 2.74. The van der Waals surface area contributed by atoms with Crippen molar-refractivity contribution in [2.45, 2.75) is 70.4 Å². The van der Waals surface area contributed by atoms with Gasteiger partial charge in [0.05, 0.1) is 6.54 Å². The van der Waals surface area contributed by atoms with Crippen molar-refractivity contribution in [2.75, 3.05) is 6.54 Å². The second-order valence-electron chi connectivity index (χ2n) is 5.76. The molecule has 2 aliphatic carbocycles. The van der Waals surface area contributed by atoms with Crippen molar-refractivity contribution in [3.63, 3.8) is 0 Å². The Kier molecular flexibility index (Phi) is 4.84. The van der Waals surface area contributed by atoms with Crippen LogP contribution in [0.4, 0.5) is 0 Å². The summed E-state index contributed by atoms with van der Waals surface area (Å²) in [5, 5.41) is 6.42. The van der Waals surface area contributed by atoms with Crippen molar-refractivity contribution >= 4 is 5.91 Å². The van der Waals surface area contributed by atoms with Gasteiger partial charge in [0.15, 0.2) is 0 Å². The van der Waals surface area contributed by atoms with Gasteiger partial charge in [-0.3, -0.25) is 4.79 Å². The van der Waals surface area contributed by atoms with Gasteiger partial charge in [-0.05, 0) is 38.5 Å². The number of hydrogen-bond acceptors (Lipinski definition) is 2. The van der Waals surface area contributed by atoms with Crippen molar-refractivity contribution in [3.8, 4) is 0 Å². The molecule has 0 radical (unpaired) electrons. The summed E-state index contributed by atoms with van der Waals surface area (Å²) in [5.74, 6) is 0.944. The van der Waals surface area contributed by atoms with Gasteiger partial charge in [-0.1, -0.05) is 25.7 Å². The number of amides is 1. The average Bonchev–Trinajstić information content (AvgIpc) is 3.11. The van der Waals surface area contributed by atoms with Crippen LogP contribution in [0, 0.1) is 5.92 Å². The standard InChI is InChI=1S/C14H26N2O/c1-11(12-6-4-2-3-5-7-12)15-10-14(17)16-13-8-9-13/h11-13,15H,2-10H2,1H3,(H,16,17)/t11-/m1/s1. The summed E-state index contributed by atoms with van der Waals surface area (Å²) in [5.41, 5.74) is 0. The molecule has 98 valence electrons. The van der Waals surface area contributed by atoms with Crippen LogP contribution in [0.15, 0.2) is 0 Å². The lowest BCUT2D eigenvalue weighted by molar-refractivity contribution is -0.120. The Bertz CT molecular complexity index is 243. The highest BCUT2D eigenvalue weighted by molar-refractivity contribution is 5.78. The van der Waals surface area contributed by atoms with Crippen molar-refractivity contribution < 1.29 is 4.79 Å². The van der Waals surface area contributed by atoms with Crippen LogP contribution in [0.5, 0.6) is 0 Å². The minimum absolute atomic E-state index is 0.174. The van der Waals surface area contributed by atoms with Gasteiger partial charge in [0.2, 0.25) is 5.91 Å². The van der Waals surface area contributed by atoms with Crippen LogP contribution in [0.3, 0.4) is 0 Å². The van der Waals surface area contributed by atoms with Crippen LogP contribution in [-0.2, 0) is 4.79 Å². The van der Waals surface area contributed by atoms with E-state index >= 15 is 0 Å². The monoisotopic (exact) mass is 238 g/mol. The Morgan fingerprint density at radius 2 is 1.76 bits per heavy atom. The summed E-state index contributed by atoms with van der Waals surface area (Å²) in [6, 6.07) is 0.968. The molecule has 0 heterocycles. The first-order valence-electron chi connectivity index (χ1n) is 7.28. The second-order valence-corrected chi connectivity index (χ2v) is 5.76. The Morgan fingerprint density at radius 3 is 2.35 bits per heavy atom. The topological polar surface area (TPSA) is 41.1 Å². The fraction of sp³-hybridized carbons (Fsp3) is 0.929. The molecule has 2 fully saturated rings. The van der Waals surface area contributed by atoms with E-state index in [1.54, 1.807) is 0 Å². The van der Waals surface area contributed by atoms with Gasteiger partial charge in [0.25, 0.3) is 0 Å². The zero-order chi connectivity index (χ0) is 12.1. The summed E-state index contributed by atoms with van der Waals surface area (Å²) in [6.45, 7) is 2.73. The van der Waals surface area contributed by atoms with E-state index in [4.69, 9.17) is 0 Å². The lowest BCUT2D eigenvalue weighted by Gasteiger charge is -2.23. The smallest absolute Gasteiger partial charge is 0.234 e. The summed E-state index contributed by atoms with van der Waals surface area (Å²) in [6.07, 6.45) is 10.5. The predicted molar refractivity (Wildman–Crippen MR) is 69.8 cm³/mol. The molecule has 0 unspecified atom stereocenters. The van der Waals surface area contributed by atoms with E-state index in [0.717, 1.165) is 5.92 Å². The molecule has 0 aromatic carbocycles.